The summed E-state index contributed by atoms with van der Waals surface area (Å²) in [6, 6.07) is 11.6. The number of hydrogen-bond donors (Lipinski definition) is 2. The van der Waals surface area contributed by atoms with Crippen LogP contribution in [-0.4, -0.2) is 21.8 Å². The summed E-state index contributed by atoms with van der Waals surface area (Å²) < 4.78 is 0. The van der Waals surface area contributed by atoms with Crippen molar-refractivity contribution in [1.82, 2.24) is 9.97 Å². The van der Waals surface area contributed by atoms with Gasteiger partial charge in [0.2, 0.25) is 5.91 Å². The minimum Gasteiger partial charge on any atom is -0.346 e. The van der Waals surface area contributed by atoms with Crippen LogP contribution < -0.4 is 5.32 Å². The number of aromatic nitrogens is 2. The molecule has 3 rings (SSSR count). The van der Waals surface area contributed by atoms with Gasteiger partial charge in [0.25, 0.3) is 0 Å². The summed E-state index contributed by atoms with van der Waals surface area (Å²) in [6.07, 6.45) is 3.62. The van der Waals surface area contributed by atoms with Gasteiger partial charge in [0.05, 0.1) is 0 Å². The van der Waals surface area contributed by atoms with Crippen molar-refractivity contribution in [3.63, 3.8) is 0 Å². The van der Waals surface area contributed by atoms with Crippen LogP contribution in [0.5, 0.6) is 0 Å². The maximum Gasteiger partial charge on any atom is 0.239 e. The van der Waals surface area contributed by atoms with Gasteiger partial charge in [-0.2, -0.15) is 0 Å². The topological polar surface area (TPSA) is 57.8 Å². The van der Waals surface area contributed by atoms with Gasteiger partial charge in [-0.25, -0.2) is 4.98 Å². The second-order valence-electron chi connectivity index (χ2n) is 4.36. The molecule has 0 saturated carbocycles. The Hall–Kier alpha value is -2.33. The number of aromatic amines is 1. The van der Waals surface area contributed by atoms with Crippen LogP contribution in [0.4, 0.5) is 5.69 Å². The maximum absolute atomic E-state index is 11.3. The zero-order chi connectivity index (χ0) is 13.9. The standard InChI is InChI=1S/C15H12ClN3O/c16-9-14(20)19-11-3-1-2-10(8-11)12-4-6-17-15-13(12)5-7-18-15/h1-8H,9H2,(H,17,18)(H,19,20). The van der Waals surface area contributed by atoms with Crippen LogP contribution in [0.25, 0.3) is 22.2 Å². The van der Waals surface area contributed by atoms with Gasteiger partial charge in [0.1, 0.15) is 11.5 Å². The summed E-state index contributed by atoms with van der Waals surface area (Å²) in [5.41, 5.74) is 3.66. The van der Waals surface area contributed by atoms with E-state index in [2.05, 4.69) is 15.3 Å². The van der Waals surface area contributed by atoms with E-state index in [1.165, 1.54) is 0 Å². The average molecular weight is 286 g/mol. The predicted octanol–water partition coefficient (Wildman–Crippen LogP) is 3.41. The number of carbonyl (C=O) groups excluding carboxylic acids is 1. The fourth-order valence-corrected chi connectivity index (χ4v) is 2.24. The number of H-pyrrole nitrogens is 1. The molecule has 0 saturated heterocycles. The molecule has 1 aromatic carbocycles. The van der Waals surface area contributed by atoms with Gasteiger partial charge >= 0.3 is 0 Å². The summed E-state index contributed by atoms with van der Waals surface area (Å²) in [6.45, 7) is 0. The van der Waals surface area contributed by atoms with Gasteiger partial charge < -0.3 is 10.3 Å². The van der Waals surface area contributed by atoms with E-state index in [0.29, 0.717) is 0 Å². The number of benzene rings is 1. The molecule has 2 N–H and O–H groups in total. The van der Waals surface area contributed by atoms with Crippen LogP contribution in [0.15, 0.2) is 48.8 Å². The van der Waals surface area contributed by atoms with Crippen LogP contribution >= 0.6 is 11.6 Å². The first kappa shape index (κ1) is 12.7. The molecule has 0 unspecified atom stereocenters. The predicted molar refractivity (Wildman–Crippen MR) is 80.9 cm³/mol. The second kappa shape index (κ2) is 5.35. The summed E-state index contributed by atoms with van der Waals surface area (Å²) >= 11 is 5.50. The van der Waals surface area contributed by atoms with Crippen molar-refractivity contribution in [3.05, 3.63) is 48.8 Å². The van der Waals surface area contributed by atoms with E-state index in [1.807, 2.05) is 42.6 Å². The number of hydrogen-bond acceptors (Lipinski definition) is 2. The van der Waals surface area contributed by atoms with Crippen molar-refractivity contribution in [1.29, 1.82) is 0 Å². The van der Waals surface area contributed by atoms with E-state index in [4.69, 9.17) is 11.6 Å². The molecule has 0 radical (unpaired) electrons. The molecule has 20 heavy (non-hydrogen) atoms. The molecule has 0 aliphatic carbocycles. The number of amides is 1. The lowest BCUT2D eigenvalue weighted by Gasteiger charge is -2.07. The number of anilines is 1. The molecule has 2 aromatic heterocycles. The van der Waals surface area contributed by atoms with Gasteiger partial charge in [-0.05, 0) is 35.4 Å². The maximum atomic E-state index is 11.3. The molecular formula is C15H12ClN3O. The molecular weight excluding hydrogens is 274 g/mol. The number of nitrogens with one attached hydrogen (secondary N) is 2. The van der Waals surface area contributed by atoms with E-state index in [0.717, 1.165) is 27.8 Å². The molecule has 0 aliphatic heterocycles. The Kier molecular flexibility index (Phi) is 3.39. The van der Waals surface area contributed by atoms with Gasteiger partial charge in [-0.1, -0.05) is 12.1 Å². The molecule has 3 aromatic rings. The van der Waals surface area contributed by atoms with Crippen molar-refractivity contribution in [2.24, 2.45) is 0 Å². The Bertz CT molecular complexity index is 766. The number of carbonyl (C=O) groups is 1. The molecule has 0 bridgehead atoms. The minimum atomic E-state index is -0.217. The van der Waals surface area contributed by atoms with Crippen molar-refractivity contribution >= 4 is 34.2 Å². The van der Waals surface area contributed by atoms with E-state index in [9.17, 15) is 4.79 Å². The summed E-state index contributed by atoms with van der Waals surface area (Å²) in [5, 5.41) is 3.80. The smallest absolute Gasteiger partial charge is 0.239 e. The molecule has 0 spiro atoms. The Morgan fingerprint density at radius 1 is 1.30 bits per heavy atom. The molecule has 100 valence electrons. The molecule has 4 nitrogen and oxygen atoms in total. The zero-order valence-corrected chi connectivity index (χ0v) is 11.3. The Morgan fingerprint density at radius 2 is 2.20 bits per heavy atom. The zero-order valence-electron chi connectivity index (χ0n) is 10.6. The van der Waals surface area contributed by atoms with E-state index < -0.39 is 0 Å². The van der Waals surface area contributed by atoms with Gasteiger partial charge in [0.15, 0.2) is 0 Å². The highest BCUT2D eigenvalue weighted by Gasteiger charge is 2.07. The first-order valence-electron chi connectivity index (χ1n) is 6.16. The van der Waals surface area contributed by atoms with Crippen molar-refractivity contribution in [3.8, 4) is 11.1 Å². The average Bonchev–Trinajstić information content (AvgIpc) is 2.95. The summed E-state index contributed by atoms with van der Waals surface area (Å²) in [7, 11) is 0. The highest BCUT2D eigenvalue weighted by molar-refractivity contribution is 6.29. The molecule has 0 atom stereocenters. The third-order valence-electron chi connectivity index (χ3n) is 3.04. The van der Waals surface area contributed by atoms with Crippen molar-refractivity contribution < 1.29 is 4.79 Å². The van der Waals surface area contributed by atoms with E-state index >= 15 is 0 Å². The monoisotopic (exact) mass is 285 g/mol. The fraction of sp³-hybridized carbons (Fsp3) is 0.0667. The van der Waals surface area contributed by atoms with E-state index in [-0.39, 0.29) is 11.8 Å². The first-order valence-corrected chi connectivity index (χ1v) is 6.70. The van der Waals surface area contributed by atoms with Crippen LogP contribution in [0.3, 0.4) is 0 Å². The summed E-state index contributed by atoms with van der Waals surface area (Å²) in [5.74, 6) is -0.271. The highest BCUT2D eigenvalue weighted by Crippen LogP contribution is 2.28. The highest BCUT2D eigenvalue weighted by atomic mass is 35.5. The number of halogens is 1. The second-order valence-corrected chi connectivity index (χ2v) is 4.63. The molecule has 0 aliphatic rings. The molecule has 5 heteroatoms. The lowest BCUT2D eigenvalue weighted by atomic mass is 10.0. The number of alkyl halides is 1. The Morgan fingerprint density at radius 3 is 3.05 bits per heavy atom. The van der Waals surface area contributed by atoms with Gasteiger partial charge in [0, 0.05) is 23.5 Å². The van der Waals surface area contributed by atoms with Crippen LogP contribution in [0, 0.1) is 0 Å². The molecule has 0 fully saturated rings. The van der Waals surface area contributed by atoms with Gasteiger partial charge in [-0.15, -0.1) is 11.6 Å². The third kappa shape index (κ3) is 2.38. The van der Waals surface area contributed by atoms with Crippen molar-refractivity contribution in [2.75, 3.05) is 11.2 Å². The van der Waals surface area contributed by atoms with Crippen LogP contribution in [0.2, 0.25) is 0 Å². The molecule has 1 amide bonds. The van der Waals surface area contributed by atoms with Crippen LogP contribution in [0.1, 0.15) is 0 Å². The third-order valence-corrected chi connectivity index (χ3v) is 3.28. The van der Waals surface area contributed by atoms with Crippen LogP contribution in [-0.2, 0) is 4.79 Å². The Balaban J connectivity index is 2.04. The fourth-order valence-electron chi connectivity index (χ4n) is 2.17. The first-order chi connectivity index (χ1) is 9.78. The van der Waals surface area contributed by atoms with Crippen molar-refractivity contribution in [2.45, 2.75) is 0 Å². The number of fused-ring (bicyclic) bond motifs is 1. The summed E-state index contributed by atoms with van der Waals surface area (Å²) in [4.78, 5) is 18.7. The quantitative estimate of drug-likeness (QED) is 0.725. The lowest BCUT2D eigenvalue weighted by molar-refractivity contribution is -0.113. The Labute approximate surface area is 120 Å². The van der Waals surface area contributed by atoms with Gasteiger partial charge in [-0.3, -0.25) is 4.79 Å². The molecule has 2 heterocycles. The normalized spacial score (nSPS) is 10.7. The number of rotatable bonds is 3. The van der Waals surface area contributed by atoms with E-state index in [1.54, 1.807) is 6.20 Å². The SMILES string of the molecule is O=C(CCl)Nc1cccc(-c2ccnc3[nH]ccc23)c1. The largest absolute Gasteiger partial charge is 0.346 e. The lowest BCUT2D eigenvalue weighted by Crippen LogP contribution is -2.12. The number of nitrogens with zero attached hydrogens (tertiary/aromatic N) is 1. The minimum absolute atomic E-state index is 0.0540. The number of pyridine rings is 1.